The molecule has 1 aromatic heterocycles. The van der Waals surface area contributed by atoms with Crippen molar-refractivity contribution >= 4 is 11.6 Å². The van der Waals surface area contributed by atoms with Crippen molar-refractivity contribution in [2.24, 2.45) is 0 Å². The third-order valence-electron chi connectivity index (χ3n) is 3.44. The normalized spacial score (nSPS) is 18.1. The smallest absolute Gasteiger partial charge is 0.244 e. The Labute approximate surface area is 128 Å². The van der Waals surface area contributed by atoms with Gasteiger partial charge in [0.2, 0.25) is 11.7 Å². The summed E-state index contributed by atoms with van der Waals surface area (Å²) in [7, 11) is 0. The van der Waals surface area contributed by atoms with E-state index in [4.69, 9.17) is 20.9 Å². The summed E-state index contributed by atoms with van der Waals surface area (Å²) >= 11 is 6.08. The fourth-order valence-corrected chi connectivity index (χ4v) is 2.57. The summed E-state index contributed by atoms with van der Waals surface area (Å²) in [6, 6.07) is 5.61. The molecule has 3 rings (SSSR count). The maximum Gasteiger partial charge on any atom is 0.244 e. The largest absolute Gasteiger partial charge is 0.493 e. The highest BCUT2D eigenvalue weighted by Gasteiger charge is 2.23. The van der Waals surface area contributed by atoms with Crippen LogP contribution in [-0.2, 0) is 0 Å². The molecule has 1 aliphatic rings. The molecular weight excluding hydrogens is 290 g/mol. The van der Waals surface area contributed by atoms with Gasteiger partial charge in [0, 0.05) is 5.02 Å². The van der Waals surface area contributed by atoms with Crippen molar-refractivity contribution in [3.63, 3.8) is 0 Å². The monoisotopic (exact) mass is 307 g/mol. The predicted molar refractivity (Wildman–Crippen MR) is 80.5 cm³/mol. The molecular formula is C15H18ClN3O2. The number of aromatic nitrogens is 2. The van der Waals surface area contributed by atoms with Crippen LogP contribution in [-0.4, -0.2) is 23.3 Å². The lowest BCUT2D eigenvalue weighted by Crippen LogP contribution is -2.12. The minimum Gasteiger partial charge on any atom is -0.493 e. The average molecular weight is 308 g/mol. The van der Waals surface area contributed by atoms with Crippen LogP contribution >= 0.6 is 11.6 Å². The summed E-state index contributed by atoms with van der Waals surface area (Å²) in [5.74, 6) is 1.88. The first kappa shape index (κ1) is 14.4. The fourth-order valence-electron chi connectivity index (χ4n) is 2.40. The molecule has 1 aliphatic heterocycles. The molecule has 0 radical (unpaired) electrons. The molecule has 21 heavy (non-hydrogen) atoms. The number of nitrogens with zero attached hydrogens (tertiary/aromatic N) is 2. The van der Waals surface area contributed by atoms with Crippen LogP contribution in [0.1, 0.15) is 38.1 Å². The van der Waals surface area contributed by atoms with Crippen LogP contribution in [0.3, 0.4) is 0 Å². The van der Waals surface area contributed by atoms with Crippen LogP contribution in [0, 0.1) is 0 Å². The third-order valence-corrected chi connectivity index (χ3v) is 3.68. The second-order valence-electron chi connectivity index (χ2n) is 5.09. The second-order valence-corrected chi connectivity index (χ2v) is 5.53. The molecule has 0 spiro atoms. The first-order chi connectivity index (χ1) is 10.3. The molecule has 1 aromatic carbocycles. The van der Waals surface area contributed by atoms with Crippen LogP contribution in [0.5, 0.6) is 5.75 Å². The highest BCUT2D eigenvalue weighted by molar-refractivity contribution is 6.30. The Kier molecular flexibility index (Phi) is 4.41. The molecule has 1 N–H and O–H groups in total. The molecule has 0 amide bonds. The standard InChI is InChI=1S/C15H18ClN3O2/c1-2-8-20-13-6-5-10(16)9-11(13)14-18-15(21-19-14)12-4-3-7-17-12/h5-6,9,12,17H,2-4,7-8H2,1H3/t12-/m0/s1. The molecule has 0 bridgehead atoms. The summed E-state index contributed by atoms with van der Waals surface area (Å²) in [4.78, 5) is 4.49. The highest BCUT2D eigenvalue weighted by atomic mass is 35.5. The Hall–Kier alpha value is -1.59. The van der Waals surface area contributed by atoms with E-state index in [9.17, 15) is 0 Å². The summed E-state index contributed by atoms with van der Waals surface area (Å²) in [5.41, 5.74) is 0.768. The molecule has 5 nitrogen and oxygen atoms in total. The van der Waals surface area contributed by atoms with Crippen molar-refractivity contribution < 1.29 is 9.26 Å². The minimum absolute atomic E-state index is 0.158. The van der Waals surface area contributed by atoms with Gasteiger partial charge in [0.15, 0.2) is 0 Å². The highest BCUT2D eigenvalue weighted by Crippen LogP contribution is 2.32. The molecule has 0 unspecified atom stereocenters. The van der Waals surface area contributed by atoms with Gasteiger partial charge in [-0.05, 0) is 44.0 Å². The van der Waals surface area contributed by atoms with Crippen molar-refractivity contribution in [1.29, 1.82) is 0 Å². The van der Waals surface area contributed by atoms with Gasteiger partial charge >= 0.3 is 0 Å². The van der Waals surface area contributed by atoms with E-state index in [1.807, 2.05) is 12.1 Å². The Morgan fingerprint density at radius 2 is 2.38 bits per heavy atom. The SMILES string of the molecule is CCCOc1ccc(Cl)cc1-c1noc([C@@H]2CCCN2)n1. The van der Waals surface area contributed by atoms with E-state index in [1.165, 1.54) is 0 Å². The average Bonchev–Trinajstić information content (AvgIpc) is 3.16. The van der Waals surface area contributed by atoms with Gasteiger partial charge in [-0.1, -0.05) is 23.7 Å². The zero-order valence-corrected chi connectivity index (χ0v) is 12.7. The zero-order valence-electron chi connectivity index (χ0n) is 11.9. The lowest BCUT2D eigenvalue weighted by molar-refractivity contribution is 0.318. The predicted octanol–water partition coefficient (Wildman–Crippen LogP) is 3.60. The van der Waals surface area contributed by atoms with Crippen molar-refractivity contribution in [3.05, 3.63) is 29.1 Å². The van der Waals surface area contributed by atoms with Crippen LogP contribution in [0.4, 0.5) is 0 Å². The van der Waals surface area contributed by atoms with E-state index in [-0.39, 0.29) is 6.04 Å². The number of halogens is 1. The molecule has 2 heterocycles. The van der Waals surface area contributed by atoms with Crippen LogP contribution in [0.25, 0.3) is 11.4 Å². The quantitative estimate of drug-likeness (QED) is 0.914. The van der Waals surface area contributed by atoms with Gasteiger partial charge < -0.3 is 14.6 Å². The van der Waals surface area contributed by atoms with Crippen molar-refractivity contribution in [3.8, 4) is 17.1 Å². The second kappa shape index (κ2) is 6.45. The van der Waals surface area contributed by atoms with Gasteiger partial charge in [-0.2, -0.15) is 4.98 Å². The number of nitrogens with one attached hydrogen (secondary N) is 1. The summed E-state index contributed by atoms with van der Waals surface area (Å²) in [6.07, 6.45) is 3.09. The van der Waals surface area contributed by atoms with E-state index in [0.29, 0.717) is 23.3 Å². The van der Waals surface area contributed by atoms with E-state index >= 15 is 0 Å². The number of ether oxygens (including phenoxy) is 1. The van der Waals surface area contributed by atoms with Gasteiger partial charge in [0.1, 0.15) is 5.75 Å². The number of benzene rings is 1. The molecule has 1 saturated heterocycles. The van der Waals surface area contributed by atoms with Crippen molar-refractivity contribution in [1.82, 2.24) is 15.5 Å². The number of rotatable bonds is 5. The lowest BCUT2D eigenvalue weighted by atomic mass is 10.2. The first-order valence-electron chi connectivity index (χ1n) is 7.27. The first-order valence-corrected chi connectivity index (χ1v) is 7.65. The number of hydrogen-bond donors (Lipinski definition) is 1. The minimum atomic E-state index is 0.158. The molecule has 1 atom stereocenters. The fraction of sp³-hybridized carbons (Fsp3) is 0.467. The maximum absolute atomic E-state index is 6.08. The van der Waals surface area contributed by atoms with Crippen LogP contribution < -0.4 is 10.1 Å². The molecule has 0 aliphatic carbocycles. The van der Waals surface area contributed by atoms with E-state index in [2.05, 4.69) is 22.4 Å². The molecule has 6 heteroatoms. The summed E-state index contributed by atoms with van der Waals surface area (Å²) < 4.78 is 11.1. The van der Waals surface area contributed by atoms with Crippen molar-refractivity contribution in [2.75, 3.05) is 13.2 Å². The molecule has 112 valence electrons. The zero-order chi connectivity index (χ0) is 14.7. The number of hydrogen-bond acceptors (Lipinski definition) is 5. The summed E-state index contributed by atoms with van der Waals surface area (Å²) in [6.45, 7) is 3.70. The Morgan fingerprint density at radius 3 is 3.14 bits per heavy atom. The molecule has 1 fully saturated rings. The maximum atomic E-state index is 6.08. The van der Waals surface area contributed by atoms with Gasteiger partial charge in [-0.15, -0.1) is 0 Å². The molecule has 2 aromatic rings. The lowest BCUT2D eigenvalue weighted by Gasteiger charge is -2.08. The topological polar surface area (TPSA) is 60.2 Å². The van der Waals surface area contributed by atoms with Gasteiger partial charge in [-0.25, -0.2) is 0 Å². The van der Waals surface area contributed by atoms with Crippen molar-refractivity contribution in [2.45, 2.75) is 32.2 Å². The van der Waals surface area contributed by atoms with E-state index < -0.39 is 0 Å². The van der Waals surface area contributed by atoms with Gasteiger partial charge in [-0.3, -0.25) is 0 Å². The third kappa shape index (κ3) is 3.19. The molecule has 0 saturated carbocycles. The van der Waals surface area contributed by atoms with E-state index in [1.54, 1.807) is 6.07 Å². The Bertz CT molecular complexity index is 609. The Morgan fingerprint density at radius 1 is 1.48 bits per heavy atom. The Balaban J connectivity index is 1.89. The van der Waals surface area contributed by atoms with Crippen LogP contribution in [0.15, 0.2) is 22.7 Å². The van der Waals surface area contributed by atoms with Gasteiger partial charge in [0.25, 0.3) is 0 Å². The van der Waals surface area contributed by atoms with Crippen LogP contribution in [0.2, 0.25) is 5.02 Å². The van der Waals surface area contributed by atoms with E-state index in [0.717, 1.165) is 37.1 Å². The summed E-state index contributed by atoms with van der Waals surface area (Å²) in [5, 5.41) is 8.04. The van der Waals surface area contributed by atoms with Gasteiger partial charge in [0.05, 0.1) is 18.2 Å².